The lowest BCUT2D eigenvalue weighted by molar-refractivity contribution is -0.640. The zero-order valence-electron chi connectivity index (χ0n) is 6.95. The fraction of sp³-hybridized carbons (Fsp3) is 0.625. The number of carbonyl (C=O) groups is 1. The molecule has 1 aliphatic heterocycles. The van der Waals surface area contributed by atoms with Crippen LogP contribution in [-0.4, -0.2) is 30.4 Å². The summed E-state index contributed by atoms with van der Waals surface area (Å²) in [5.41, 5.74) is -0.431. The molecule has 4 heteroatoms. The summed E-state index contributed by atoms with van der Waals surface area (Å²) >= 11 is 3.85. The second-order valence-electron chi connectivity index (χ2n) is 2.93. The monoisotopic (exact) mass is 188 g/mol. The maximum Gasteiger partial charge on any atom is 0.316 e. The van der Waals surface area contributed by atoms with E-state index in [1.54, 1.807) is 6.08 Å². The molecule has 0 spiro atoms. The quantitative estimate of drug-likeness (QED) is 0.351. The highest BCUT2D eigenvalue weighted by Crippen LogP contribution is 2.17. The van der Waals surface area contributed by atoms with Crippen LogP contribution in [0.1, 0.15) is 6.42 Å². The summed E-state index contributed by atoms with van der Waals surface area (Å²) in [4.78, 5) is 11.0. The van der Waals surface area contributed by atoms with Gasteiger partial charge in [-0.1, -0.05) is 6.58 Å². The number of ether oxygens (including phenoxy) is 1. The van der Waals surface area contributed by atoms with E-state index in [9.17, 15) is 4.79 Å². The molecule has 0 bridgehead atoms. The van der Waals surface area contributed by atoms with Gasteiger partial charge in [0.1, 0.15) is 6.54 Å². The van der Waals surface area contributed by atoms with E-state index in [4.69, 9.17) is 4.74 Å². The largest absolute Gasteiger partial charge is 0.448 e. The minimum atomic E-state index is -0.431. The highest BCUT2D eigenvalue weighted by atomic mass is 32.1. The highest BCUT2D eigenvalue weighted by Gasteiger charge is 2.37. The maximum atomic E-state index is 11.0. The number of hydrogen-bond acceptors (Lipinski definition) is 3. The molecular formula is C8H14NO2S+. The molecule has 1 fully saturated rings. The molecule has 12 heavy (non-hydrogen) atoms. The van der Waals surface area contributed by atoms with Crippen molar-refractivity contribution in [2.75, 3.05) is 18.8 Å². The van der Waals surface area contributed by atoms with Crippen LogP contribution < -0.4 is 5.32 Å². The fourth-order valence-corrected chi connectivity index (χ4v) is 1.44. The van der Waals surface area contributed by atoms with Crippen molar-refractivity contribution in [2.24, 2.45) is 0 Å². The molecule has 68 valence electrons. The zero-order chi connectivity index (χ0) is 9.03. The molecule has 0 aliphatic carbocycles. The Labute approximate surface area is 77.6 Å². The third kappa shape index (κ3) is 2.01. The van der Waals surface area contributed by atoms with Crippen LogP contribution >= 0.6 is 12.6 Å². The number of hydrogen-bond donors (Lipinski definition) is 2. The molecule has 2 N–H and O–H groups in total. The molecule has 0 aromatic carbocycles. The molecule has 1 aliphatic rings. The molecule has 1 unspecified atom stereocenters. The second-order valence-corrected chi connectivity index (χ2v) is 3.25. The Morgan fingerprint density at radius 2 is 2.58 bits per heavy atom. The second kappa shape index (κ2) is 3.96. The van der Waals surface area contributed by atoms with Crippen molar-refractivity contribution in [1.29, 1.82) is 0 Å². The summed E-state index contributed by atoms with van der Waals surface area (Å²) in [5, 5.41) is 2.12. The van der Waals surface area contributed by atoms with Crippen LogP contribution in [0.15, 0.2) is 12.7 Å². The van der Waals surface area contributed by atoms with Crippen molar-refractivity contribution < 1.29 is 14.8 Å². The SMILES string of the molecule is C=CC1(OC(=O)CS)CC[NH2+]C1. The van der Waals surface area contributed by atoms with Gasteiger partial charge in [0.15, 0.2) is 5.60 Å². The first-order valence-corrected chi connectivity index (χ1v) is 4.64. The average molecular weight is 188 g/mol. The van der Waals surface area contributed by atoms with Crippen LogP contribution in [0.5, 0.6) is 0 Å². The summed E-state index contributed by atoms with van der Waals surface area (Å²) in [6.07, 6.45) is 2.58. The standard InChI is InChI=1S/C8H13NO2S/c1-2-8(3-4-9-6-8)11-7(10)5-12/h2,9,12H,1,3-6H2/p+1. The normalized spacial score (nSPS) is 28.4. The first kappa shape index (κ1) is 9.61. The summed E-state index contributed by atoms with van der Waals surface area (Å²) < 4.78 is 5.23. The highest BCUT2D eigenvalue weighted by molar-refractivity contribution is 7.81. The van der Waals surface area contributed by atoms with E-state index in [0.29, 0.717) is 0 Å². The molecular weight excluding hydrogens is 174 g/mol. The predicted molar refractivity (Wildman–Crippen MR) is 49.1 cm³/mol. The van der Waals surface area contributed by atoms with E-state index in [2.05, 4.69) is 24.5 Å². The minimum Gasteiger partial charge on any atom is -0.448 e. The third-order valence-electron chi connectivity index (χ3n) is 2.08. The van der Waals surface area contributed by atoms with Gasteiger partial charge in [-0.25, -0.2) is 0 Å². The molecule has 0 amide bonds. The van der Waals surface area contributed by atoms with E-state index in [1.807, 2.05) is 0 Å². The Kier molecular flexibility index (Phi) is 3.17. The van der Waals surface area contributed by atoms with Gasteiger partial charge < -0.3 is 10.1 Å². The van der Waals surface area contributed by atoms with Gasteiger partial charge in [0.05, 0.1) is 12.3 Å². The lowest BCUT2D eigenvalue weighted by atomic mass is 10.0. The smallest absolute Gasteiger partial charge is 0.316 e. The van der Waals surface area contributed by atoms with Crippen molar-refractivity contribution in [3.63, 3.8) is 0 Å². The van der Waals surface area contributed by atoms with Gasteiger partial charge in [-0.15, -0.1) is 0 Å². The van der Waals surface area contributed by atoms with E-state index >= 15 is 0 Å². The van der Waals surface area contributed by atoms with E-state index < -0.39 is 5.60 Å². The summed E-state index contributed by atoms with van der Waals surface area (Å²) in [6.45, 7) is 5.46. The van der Waals surface area contributed by atoms with Crippen molar-refractivity contribution in [2.45, 2.75) is 12.0 Å². The van der Waals surface area contributed by atoms with Crippen LogP contribution in [0, 0.1) is 0 Å². The van der Waals surface area contributed by atoms with E-state index in [-0.39, 0.29) is 11.7 Å². The van der Waals surface area contributed by atoms with Crippen LogP contribution in [0.4, 0.5) is 0 Å². The van der Waals surface area contributed by atoms with Crippen LogP contribution in [0.3, 0.4) is 0 Å². The molecule has 0 saturated carbocycles. The van der Waals surface area contributed by atoms with E-state index in [1.165, 1.54) is 0 Å². The summed E-state index contributed by atoms with van der Waals surface area (Å²) in [6, 6.07) is 0. The summed E-state index contributed by atoms with van der Waals surface area (Å²) in [5.74, 6) is -0.135. The molecule has 0 radical (unpaired) electrons. The topological polar surface area (TPSA) is 42.9 Å². The third-order valence-corrected chi connectivity index (χ3v) is 2.34. The number of esters is 1. The number of nitrogens with two attached hydrogens (primary N) is 1. The van der Waals surface area contributed by atoms with Gasteiger partial charge in [0.25, 0.3) is 0 Å². The Hall–Kier alpha value is -0.480. The Morgan fingerprint density at radius 3 is 3.00 bits per heavy atom. The number of rotatable bonds is 3. The summed E-state index contributed by atoms with van der Waals surface area (Å²) in [7, 11) is 0. The van der Waals surface area contributed by atoms with Gasteiger partial charge in [-0.2, -0.15) is 12.6 Å². The van der Waals surface area contributed by atoms with Gasteiger partial charge in [-0.05, 0) is 6.08 Å². The van der Waals surface area contributed by atoms with Gasteiger partial charge in [0.2, 0.25) is 0 Å². The molecule has 1 saturated heterocycles. The van der Waals surface area contributed by atoms with Gasteiger partial charge >= 0.3 is 5.97 Å². The van der Waals surface area contributed by atoms with Gasteiger partial charge in [0, 0.05) is 6.42 Å². The Balaban J connectivity index is 2.55. The number of thiol groups is 1. The number of carbonyl (C=O) groups excluding carboxylic acids is 1. The molecule has 3 nitrogen and oxygen atoms in total. The lowest BCUT2D eigenvalue weighted by Gasteiger charge is -2.21. The Morgan fingerprint density at radius 1 is 1.83 bits per heavy atom. The van der Waals surface area contributed by atoms with Crippen molar-refractivity contribution in [1.82, 2.24) is 0 Å². The van der Waals surface area contributed by atoms with Crippen LogP contribution in [0.25, 0.3) is 0 Å². The van der Waals surface area contributed by atoms with Gasteiger partial charge in [-0.3, -0.25) is 4.79 Å². The molecule has 1 heterocycles. The number of quaternary nitrogens is 1. The molecule has 1 atom stereocenters. The maximum absolute atomic E-state index is 11.0. The van der Waals surface area contributed by atoms with Crippen molar-refractivity contribution in [3.05, 3.63) is 12.7 Å². The van der Waals surface area contributed by atoms with Crippen molar-refractivity contribution in [3.8, 4) is 0 Å². The average Bonchev–Trinajstić information content (AvgIpc) is 2.54. The van der Waals surface area contributed by atoms with Crippen LogP contribution in [-0.2, 0) is 9.53 Å². The van der Waals surface area contributed by atoms with E-state index in [0.717, 1.165) is 19.5 Å². The predicted octanol–water partition coefficient (Wildman–Crippen LogP) is -0.649. The van der Waals surface area contributed by atoms with Crippen molar-refractivity contribution >= 4 is 18.6 Å². The Bertz CT molecular complexity index is 187. The first-order valence-electron chi connectivity index (χ1n) is 4.00. The minimum absolute atomic E-state index is 0.135. The zero-order valence-corrected chi connectivity index (χ0v) is 7.85. The first-order chi connectivity index (χ1) is 5.72. The van der Waals surface area contributed by atoms with Crippen LogP contribution in [0.2, 0.25) is 0 Å². The molecule has 0 aromatic heterocycles. The molecule has 1 rings (SSSR count). The lowest BCUT2D eigenvalue weighted by Crippen LogP contribution is -2.82. The molecule has 0 aromatic rings. The fourth-order valence-electron chi connectivity index (χ4n) is 1.37.